The highest BCUT2D eigenvalue weighted by atomic mass is 19.2. The molecular weight excluding hydrogens is 366 g/mol. The van der Waals surface area contributed by atoms with E-state index in [-0.39, 0.29) is 16.9 Å². The van der Waals surface area contributed by atoms with Gasteiger partial charge in [-0.1, -0.05) is 87.4 Å². The van der Waals surface area contributed by atoms with Crippen molar-refractivity contribution in [2.24, 2.45) is 0 Å². The minimum absolute atomic E-state index is 0.0759. The SMILES string of the molecule is CCCCC(=O)c1ccc(-c2ccc(-c3ccc(CCC)cc3)c(F)c2F)cc1. The number of benzene rings is 3. The number of aryl methyl sites for hydroxylation is 1. The van der Waals surface area contributed by atoms with E-state index in [2.05, 4.69) is 6.92 Å². The number of rotatable bonds is 8. The van der Waals surface area contributed by atoms with Crippen LogP contribution in [0.25, 0.3) is 22.3 Å². The van der Waals surface area contributed by atoms with Crippen LogP contribution in [0.4, 0.5) is 8.78 Å². The smallest absolute Gasteiger partial charge is 0.167 e. The van der Waals surface area contributed by atoms with Gasteiger partial charge < -0.3 is 0 Å². The van der Waals surface area contributed by atoms with Crippen molar-refractivity contribution >= 4 is 5.78 Å². The molecule has 0 fully saturated rings. The number of ketones is 1. The molecule has 0 N–H and O–H groups in total. The number of hydrogen-bond acceptors (Lipinski definition) is 1. The quantitative estimate of drug-likeness (QED) is 0.360. The third-order valence-electron chi connectivity index (χ3n) is 5.16. The molecule has 3 heteroatoms. The average Bonchev–Trinajstić information content (AvgIpc) is 2.75. The lowest BCUT2D eigenvalue weighted by molar-refractivity contribution is 0.0980. The molecule has 1 nitrogen and oxygen atoms in total. The molecular formula is C26H26F2O. The van der Waals surface area contributed by atoms with Crippen LogP contribution in [0.5, 0.6) is 0 Å². The first-order valence-electron chi connectivity index (χ1n) is 10.3. The standard InChI is InChI=1S/C26H26F2O/c1-3-5-7-24(29)21-14-12-20(13-15-21)23-17-16-22(25(27)26(23)28)19-10-8-18(6-4-2)9-11-19/h8-17H,3-7H2,1-2H3. The lowest BCUT2D eigenvalue weighted by atomic mass is 9.96. The molecule has 0 aliphatic carbocycles. The Morgan fingerprint density at radius 3 is 1.72 bits per heavy atom. The molecule has 0 bridgehead atoms. The van der Waals surface area contributed by atoms with E-state index in [9.17, 15) is 13.6 Å². The van der Waals surface area contributed by atoms with Crippen molar-refractivity contribution in [2.75, 3.05) is 0 Å². The topological polar surface area (TPSA) is 17.1 Å². The van der Waals surface area contributed by atoms with E-state index in [0.29, 0.717) is 23.1 Å². The monoisotopic (exact) mass is 392 g/mol. The largest absolute Gasteiger partial charge is 0.294 e. The van der Waals surface area contributed by atoms with Gasteiger partial charge in [-0.25, -0.2) is 8.78 Å². The molecule has 0 spiro atoms. The summed E-state index contributed by atoms with van der Waals surface area (Å²) in [4.78, 5) is 12.1. The highest BCUT2D eigenvalue weighted by Gasteiger charge is 2.16. The van der Waals surface area contributed by atoms with Crippen LogP contribution in [0.3, 0.4) is 0 Å². The minimum Gasteiger partial charge on any atom is -0.294 e. The predicted octanol–water partition coefficient (Wildman–Crippen LogP) is 7.62. The number of halogens is 2. The van der Waals surface area contributed by atoms with Crippen LogP contribution >= 0.6 is 0 Å². The molecule has 0 aromatic heterocycles. The normalized spacial score (nSPS) is 10.9. The van der Waals surface area contributed by atoms with Crippen LogP contribution in [0.1, 0.15) is 55.5 Å². The summed E-state index contributed by atoms with van der Waals surface area (Å²) in [5, 5.41) is 0. The number of carbonyl (C=O) groups excluding carboxylic acids is 1. The van der Waals surface area contributed by atoms with Crippen LogP contribution in [0, 0.1) is 11.6 Å². The maximum Gasteiger partial charge on any atom is 0.167 e. The molecule has 0 atom stereocenters. The molecule has 150 valence electrons. The Labute approximate surface area is 171 Å². The number of carbonyl (C=O) groups is 1. The first kappa shape index (κ1) is 20.9. The van der Waals surface area contributed by atoms with Crippen LogP contribution < -0.4 is 0 Å². The zero-order valence-corrected chi connectivity index (χ0v) is 17.0. The highest BCUT2D eigenvalue weighted by molar-refractivity contribution is 5.96. The first-order chi connectivity index (χ1) is 14.0. The van der Waals surface area contributed by atoms with Crippen LogP contribution in [0.2, 0.25) is 0 Å². The van der Waals surface area contributed by atoms with Crippen molar-refractivity contribution in [1.82, 2.24) is 0 Å². The summed E-state index contributed by atoms with van der Waals surface area (Å²) in [6.07, 6.45) is 4.32. The van der Waals surface area contributed by atoms with Gasteiger partial charge in [0.1, 0.15) is 0 Å². The van der Waals surface area contributed by atoms with Crippen molar-refractivity contribution in [3.8, 4) is 22.3 Å². The molecule has 0 saturated carbocycles. The Hall–Kier alpha value is -2.81. The summed E-state index contributed by atoms with van der Waals surface area (Å²) in [5.74, 6) is -1.65. The summed E-state index contributed by atoms with van der Waals surface area (Å²) in [6, 6.07) is 17.5. The molecule has 0 aliphatic rings. The molecule has 0 radical (unpaired) electrons. The Bertz CT molecular complexity index is 973. The van der Waals surface area contributed by atoms with Gasteiger partial charge in [0.2, 0.25) is 0 Å². The molecule has 0 aliphatic heterocycles. The summed E-state index contributed by atoms with van der Waals surface area (Å²) < 4.78 is 29.6. The zero-order valence-electron chi connectivity index (χ0n) is 17.0. The van der Waals surface area contributed by atoms with Gasteiger partial charge in [-0.05, 0) is 29.5 Å². The van der Waals surface area contributed by atoms with Crippen molar-refractivity contribution in [2.45, 2.75) is 46.0 Å². The Kier molecular flexibility index (Phi) is 6.92. The summed E-state index contributed by atoms with van der Waals surface area (Å²) in [5.41, 5.74) is 3.44. The molecule has 3 aromatic rings. The van der Waals surface area contributed by atoms with Crippen molar-refractivity contribution in [3.63, 3.8) is 0 Å². The van der Waals surface area contributed by atoms with Crippen molar-refractivity contribution in [1.29, 1.82) is 0 Å². The molecule has 0 saturated heterocycles. The van der Waals surface area contributed by atoms with E-state index in [0.717, 1.165) is 25.7 Å². The molecule has 3 rings (SSSR count). The second kappa shape index (κ2) is 9.60. The van der Waals surface area contributed by atoms with Crippen LogP contribution in [0.15, 0.2) is 60.7 Å². The second-order valence-electron chi connectivity index (χ2n) is 7.34. The van der Waals surface area contributed by atoms with Gasteiger partial charge in [0, 0.05) is 23.1 Å². The summed E-state index contributed by atoms with van der Waals surface area (Å²) >= 11 is 0. The van der Waals surface area contributed by atoms with Crippen LogP contribution in [-0.2, 0) is 6.42 Å². The van der Waals surface area contributed by atoms with Gasteiger partial charge in [0.15, 0.2) is 17.4 Å². The minimum atomic E-state index is -0.870. The fourth-order valence-electron chi connectivity index (χ4n) is 3.45. The van der Waals surface area contributed by atoms with E-state index in [1.54, 1.807) is 36.4 Å². The molecule has 0 amide bonds. The van der Waals surface area contributed by atoms with E-state index in [1.807, 2.05) is 31.2 Å². The zero-order chi connectivity index (χ0) is 20.8. The molecule has 29 heavy (non-hydrogen) atoms. The fourth-order valence-corrected chi connectivity index (χ4v) is 3.45. The number of Topliss-reactive ketones (excluding diaryl/α,β-unsaturated/α-hetero) is 1. The van der Waals surface area contributed by atoms with Gasteiger partial charge >= 0.3 is 0 Å². The molecule has 0 heterocycles. The Morgan fingerprint density at radius 2 is 1.24 bits per heavy atom. The lowest BCUT2D eigenvalue weighted by Crippen LogP contribution is -1.99. The second-order valence-corrected chi connectivity index (χ2v) is 7.34. The van der Waals surface area contributed by atoms with E-state index in [1.165, 1.54) is 5.56 Å². The van der Waals surface area contributed by atoms with Gasteiger partial charge in [-0.15, -0.1) is 0 Å². The van der Waals surface area contributed by atoms with E-state index < -0.39 is 11.6 Å². The fraction of sp³-hybridized carbons (Fsp3) is 0.269. The van der Waals surface area contributed by atoms with Crippen molar-refractivity contribution < 1.29 is 13.6 Å². The third kappa shape index (κ3) is 4.79. The molecule has 0 unspecified atom stereocenters. The highest BCUT2D eigenvalue weighted by Crippen LogP contribution is 2.32. The summed E-state index contributed by atoms with van der Waals surface area (Å²) in [6.45, 7) is 4.15. The van der Waals surface area contributed by atoms with E-state index >= 15 is 0 Å². The maximum absolute atomic E-state index is 14.8. The third-order valence-corrected chi connectivity index (χ3v) is 5.16. The van der Waals surface area contributed by atoms with Crippen molar-refractivity contribution in [3.05, 3.63) is 83.4 Å². The lowest BCUT2D eigenvalue weighted by Gasteiger charge is -2.10. The van der Waals surface area contributed by atoms with Gasteiger partial charge in [-0.2, -0.15) is 0 Å². The maximum atomic E-state index is 14.8. The predicted molar refractivity (Wildman–Crippen MR) is 115 cm³/mol. The summed E-state index contributed by atoms with van der Waals surface area (Å²) in [7, 11) is 0. The van der Waals surface area contributed by atoms with Gasteiger partial charge in [0.05, 0.1) is 0 Å². The Balaban J connectivity index is 1.86. The number of unbranched alkanes of at least 4 members (excludes halogenated alkanes) is 1. The molecule has 3 aromatic carbocycles. The average molecular weight is 392 g/mol. The Morgan fingerprint density at radius 1 is 0.724 bits per heavy atom. The van der Waals surface area contributed by atoms with Gasteiger partial charge in [0.25, 0.3) is 0 Å². The van der Waals surface area contributed by atoms with E-state index in [4.69, 9.17) is 0 Å². The number of hydrogen-bond donors (Lipinski definition) is 0. The van der Waals surface area contributed by atoms with Crippen LogP contribution in [-0.4, -0.2) is 5.78 Å². The first-order valence-corrected chi connectivity index (χ1v) is 10.3. The van der Waals surface area contributed by atoms with Gasteiger partial charge in [-0.3, -0.25) is 4.79 Å².